The van der Waals surface area contributed by atoms with Gasteiger partial charge < -0.3 is 20.5 Å². The van der Waals surface area contributed by atoms with E-state index in [2.05, 4.69) is 25.6 Å². The molecule has 0 amide bonds. The Kier molecular flexibility index (Phi) is 4.36. The minimum Gasteiger partial charge on any atom is -0.467 e. The van der Waals surface area contributed by atoms with E-state index < -0.39 is 0 Å². The molecular weight excluding hydrogens is 246 g/mol. The van der Waals surface area contributed by atoms with Gasteiger partial charge in [0.25, 0.3) is 0 Å². The number of hydrogen-bond donors (Lipinski definition) is 3. The Morgan fingerprint density at radius 1 is 1.21 bits per heavy atom. The molecule has 1 aromatic heterocycles. The lowest BCUT2D eigenvalue weighted by atomic mass is 10.0. The summed E-state index contributed by atoms with van der Waals surface area (Å²) < 4.78 is 5.05. The summed E-state index contributed by atoms with van der Waals surface area (Å²) in [7, 11) is 1.53. The molecule has 0 aromatic carbocycles. The van der Waals surface area contributed by atoms with Gasteiger partial charge in [0.05, 0.1) is 7.11 Å². The van der Waals surface area contributed by atoms with Crippen molar-refractivity contribution in [1.82, 2.24) is 15.0 Å². The van der Waals surface area contributed by atoms with Crippen LogP contribution in [0.25, 0.3) is 0 Å². The molecule has 3 N–H and O–H groups in total. The van der Waals surface area contributed by atoms with E-state index in [1.165, 1.54) is 7.11 Å². The molecule has 0 unspecified atom stereocenters. The number of nitrogens with one attached hydrogen (secondary N) is 2. The second kappa shape index (κ2) is 6.01. The van der Waals surface area contributed by atoms with Crippen LogP contribution in [0.3, 0.4) is 0 Å². The standard InChI is InChI=1S/C12H21N5O2/c1-3-13-9-15-10(17-11(16-9)19-2)14-8-12(4-5-12)6-7-18/h18H,3-8H2,1-2H3,(H2,13,14,15,16,17). The number of rotatable bonds is 8. The Morgan fingerprint density at radius 2 is 1.89 bits per heavy atom. The lowest BCUT2D eigenvalue weighted by Gasteiger charge is -2.15. The van der Waals surface area contributed by atoms with Gasteiger partial charge in [0, 0.05) is 19.7 Å². The normalized spacial score (nSPS) is 15.9. The number of nitrogens with zero attached hydrogens (tertiary/aromatic N) is 3. The van der Waals surface area contributed by atoms with E-state index in [1.807, 2.05) is 6.92 Å². The molecule has 0 atom stereocenters. The zero-order valence-electron chi connectivity index (χ0n) is 11.4. The summed E-state index contributed by atoms with van der Waals surface area (Å²) in [4.78, 5) is 12.5. The van der Waals surface area contributed by atoms with Gasteiger partial charge in [0.15, 0.2) is 0 Å². The number of aliphatic hydroxyl groups is 1. The maximum atomic E-state index is 9.04. The third-order valence-corrected chi connectivity index (χ3v) is 3.35. The largest absolute Gasteiger partial charge is 0.467 e. The van der Waals surface area contributed by atoms with Crippen molar-refractivity contribution in [1.29, 1.82) is 0 Å². The quantitative estimate of drug-likeness (QED) is 0.644. The Bertz CT molecular complexity index is 423. The van der Waals surface area contributed by atoms with Crippen LogP contribution in [0.15, 0.2) is 0 Å². The van der Waals surface area contributed by atoms with Crippen molar-refractivity contribution in [3.8, 4) is 6.01 Å². The average molecular weight is 267 g/mol. The van der Waals surface area contributed by atoms with Gasteiger partial charge in [-0.1, -0.05) is 0 Å². The summed E-state index contributed by atoms with van der Waals surface area (Å²) >= 11 is 0. The Balaban J connectivity index is 2.00. The van der Waals surface area contributed by atoms with Gasteiger partial charge in [-0.15, -0.1) is 0 Å². The number of aliphatic hydroxyl groups excluding tert-OH is 1. The molecule has 2 rings (SSSR count). The first-order valence-corrected chi connectivity index (χ1v) is 6.60. The van der Waals surface area contributed by atoms with Gasteiger partial charge in [0.1, 0.15) is 0 Å². The van der Waals surface area contributed by atoms with Crippen LogP contribution in [0.2, 0.25) is 0 Å². The van der Waals surface area contributed by atoms with Crippen molar-refractivity contribution in [2.24, 2.45) is 5.41 Å². The first-order chi connectivity index (χ1) is 9.21. The van der Waals surface area contributed by atoms with Gasteiger partial charge in [-0.25, -0.2) is 0 Å². The predicted molar refractivity (Wildman–Crippen MR) is 72.4 cm³/mol. The van der Waals surface area contributed by atoms with Crippen LogP contribution in [-0.2, 0) is 0 Å². The van der Waals surface area contributed by atoms with Crippen LogP contribution in [-0.4, -0.2) is 46.9 Å². The van der Waals surface area contributed by atoms with E-state index in [4.69, 9.17) is 9.84 Å². The van der Waals surface area contributed by atoms with Gasteiger partial charge in [0.2, 0.25) is 11.9 Å². The van der Waals surface area contributed by atoms with Crippen LogP contribution < -0.4 is 15.4 Å². The fourth-order valence-electron chi connectivity index (χ4n) is 1.96. The molecule has 1 heterocycles. The van der Waals surface area contributed by atoms with Gasteiger partial charge in [-0.05, 0) is 31.6 Å². The van der Waals surface area contributed by atoms with E-state index in [0.29, 0.717) is 17.9 Å². The van der Waals surface area contributed by atoms with Crippen molar-refractivity contribution in [2.45, 2.75) is 26.2 Å². The molecule has 0 spiro atoms. The molecule has 0 radical (unpaired) electrons. The number of aromatic nitrogens is 3. The van der Waals surface area contributed by atoms with E-state index >= 15 is 0 Å². The molecule has 106 valence electrons. The molecule has 0 aliphatic heterocycles. The lowest BCUT2D eigenvalue weighted by molar-refractivity contribution is 0.253. The smallest absolute Gasteiger partial charge is 0.322 e. The van der Waals surface area contributed by atoms with Gasteiger partial charge in [-0.3, -0.25) is 0 Å². The fourth-order valence-corrected chi connectivity index (χ4v) is 1.96. The summed E-state index contributed by atoms with van der Waals surface area (Å²) in [6, 6.07) is 0.292. The van der Waals surface area contributed by atoms with Crippen LogP contribution in [0.5, 0.6) is 6.01 Å². The number of anilines is 2. The van der Waals surface area contributed by atoms with Crippen molar-refractivity contribution >= 4 is 11.9 Å². The molecule has 1 fully saturated rings. The van der Waals surface area contributed by atoms with Crippen molar-refractivity contribution < 1.29 is 9.84 Å². The predicted octanol–water partition coefficient (Wildman–Crippen LogP) is 0.886. The summed E-state index contributed by atoms with van der Waals surface area (Å²) in [5.74, 6) is 1.01. The topological polar surface area (TPSA) is 92.2 Å². The first-order valence-electron chi connectivity index (χ1n) is 6.60. The number of methoxy groups -OCH3 is 1. The minimum absolute atomic E-state index is 0.215. The minimum atomic E-state index is 0.215. The molecule has 7 nitrogen and oxygen atoms in total. The number of hydrogen-bond acceptors (Lipinski definition) is 7. The van der Waals surface area contributed by atoms with Crippen LogP contribution in [0, 0.1) is 5.41 Å². The summed E-state index contributed by atoms with van der Waals surface area (Å²) in [6.45, 7) is 3.71. The molecule has 1 saturated carbocycles. The molecule has 0 bridgehead atoms. The second-order valence-electron chi connectivity index (χ2n) is 4.83. The van der Waals surface area contributed by atoms with E-state index in [1.54, 1.807) is 0 Å². The number of ether oxygens (including phenoxy) is 1. The van der Waals surface area contributed by atoms with Crippen LogP contribution in [0.1, 0.15) is 26.2 Å². The third kappa shape index (κ3) is 3.66. The summed E-state index contributed by atoms with van der Waals surface area (Å²) in [5.41, 5.74) is 0.215. The van der Waals surface area contributed by atoms with Crippen LogP contribution in [0.4, 0.5) is 11.9 Å². The Morgan fingerprint density at radius 3 is 2.42 bits per heavy atom. The zero-order valence-corrected chi connectivity index (χ0v) is 11.4. The highest BCUT2D eigenvalue weighted by Crippen LogP contribution is 2.48. The third-order valence-electron chi connectivity index (χ3n) is 3.35. The molecule has 1 aliphatic carbocycles. The van der Waals surface area contributed by atoms with Gasteiger partial charge >= 0.3 is 6.01 Å². The molecular formula is C12H21N5O2. The molecule has 1 aromatic rings. The van der Waals surface area contributed by atoms with Crippen molar-refractivity contribution in [3.05, 3.63) is 0 Å². The average Bonchev–Trinajstić information content (AvgIpc) is 3.17. The highest BCUT2D eigenvalue weighted by atomic mass is 16.5. The van der Waals surface area contributed by atoms with Gasteiger partial charge in [-0.2, -0.15) is 15.0 Å². The SMILES string of the molecule is CCNc1nc(NCC2(CCO)CC2)nc(OC)n1. The van der Waals surface area contributed by atoms with E-state index in [9.17, 15) is 0 Å². The maximum absolute atomic E-state index is 9.04. The van der Waals surface area contributed by atoms with Crippen molar-refractivity contribution in [2.75, 3.05) is 37.4 Å². The summed E-state index contributed by atoms with van der Waals surface area (Å²) in [6.07, 6.45) is 3.11. The summed E-state index contributed by atoms with van der Waals surface area (Å²) in [5, 5.41) is 15.3. The van der Waals surface area contributed by atoms with Crippen molar-refractivity contribution in [3.63, 3.8) is 0 Å². The maximum Gasteiger partial charge on any atom is 0.322 e. The first kappa shape index (κ1) is 13.8. The second-order valence-corrected chi connectivity index (χ2v) is 4.83. The Labute approximate surface area is 112 Å². The van der Waals surface area contributed by atoms with Crippen LogP contribution >= 0.6 is 0 Å². The fraction of sp³-hybridized carbons (Fsp3) is 0.750. The molecule has 1 aliphatic rings. The Hall–Kier alpha value is -1.63. The monoisotopic (exact) mass is 267 g/mol. The molecule has 0 saturated heterocycles. The molecule has 19 heavy (non-hydrogen) atoms. The highest BCUT2D eigenvalue weighted by Gasteiger charge is 2.41. The molecule has 7 heteroatoms. The van der Waals surface area contributed by atoms with E-state index in [0.717, 1.165) is 32.4 Å². The van der Waals surface area contributed by atoms with E-state index in [-0.39, 0.29) is 12.0 Å². The zero-order chi connectivity index (χ0) is 13.7. The highest BCUT2D eigenvalue weighted by molar-refractivity contribution is 5.36. The lowest BCUT2D eigenvalue weighted by Crippen LogP contribution is -2.19.